The molecule has 2 fully saturated rings. The van der Waals surface area contributed by atoms with E-state index in [4.69, 9.17) is 0 Å². The molecule has 0 aromatic heterocycles. The number of hydrogen-bond donors (Lipinski definition) is 2. The fourth-order valence-electron chi connectivity index (χ4n) is 3.16. The highest BCUT2D eigenvalue weighted by atomic mass is 16.4. The van der Waals surface area contributed by atoms with Crippen LogP contribution in [0.2, 0.25) is 0 Å². The first-order valence-corrected chi connectivity index (χ1v) is 6.55. The minimum atomic E-state index is -0.921. The Morgan fingerprint density at radius 2 is 2.16 bits per heavy atom. The van der Waals surface area contributed by atoms with E-state index in [1.165, 1.54) is 0 Å². The van der Waals surface area contributed by atoms with Gasteiger partial charge in [0.2, 0.25) is 5.91 Å². The van der Waals surface area contributed by atoms with E-state index in [9.17, 15) is 14.7 Å². The number of benzene rings is 1. The second-order valence-electron chi connectivity index (χ2n) is 5.08. The number of para-hydroxylation sites is 1. The summed E-state index contributed by atoms with van der Waals surface area (Å²) in [5.41, 5.74) is 1.03. The molecule has 2 atom stereocenters. The lowest BCUT2D eigenvalue weighted by molar-refractivity contribution is -0.122. The number of carboxylic acid groups (broad SMARTS) is 1. The fraction of sp³-hybridized carbons (Fsp3) is 0.429. The van der Waals surface area contributed by atoms with Crippen LogP contribution in [0.15, 0.2) is 24.3 Å². The minimum Gasteiger partial charge on any atom is -0.478 e. The number of piperidine rings is 1. The van der Waals surface area contributed by atoms with Crippen LogP contribution >= 0.6 is 0 Å². The van der Waals surface area contributed by atoms with Gasteiger partial charge in [-0.25, -0.2) is 4.79 Å². The molecule has 0 spiro atoms. The number of fused-ring (bicyclic) bond motifs is 1. The van der Waals surface area contributed by atoms with Crippen molar-refractivity contribution in [3.05, 3.63) is 29.8 Å². The molecule has 0 aliphatic carbocycles. The summed E-state index contributed by atoms with van der Waals surface area (Å²) in [5.74, 6) is -0.826. The number of rotatable bonds is 2. The molecule has 100 valence electrons. The van der Waals surface area contributed by atoms with E-state index < -0.39 is 5.97 Å². The molecule has 2 heterocycles. The van der Waals surface area contributed by atoms with Gasteiger partial charge in [0.1, 0.15) is 0 Å². The maximum absolute atomic E-state index is 11.8. The highest BCUT2D eigenvalue weighted by Crippen LogP contribution is 2.33. The lowest BCUT2D eigenvalue weighted by atomic mass is 9.90. The van der Waals surface area contributed by atoms with Crippen molar-refractivity contribution in [1.29, 1.82) is 0 Å². The molecule has 2 aliphatic rings. The molecule has 1 aromatic rings. The van der Waals surface area contributed by atoms with Gasteiger partial charge in [-0.1, -0.05) is 12.1 Å². The summed E-state index contributed by atoms with van der Waals surface area (Å²) in [6.07, 6.45) is 1.81. The molecule has 2 saturated heterocycles. The monoisotopic (exact) mass is 260 g/mol. The van der Waals surface area contributed by atoms with Crippen molar-refractivity contribution in [1.82, 2.24) is 5.32 Å². The van der Waals surface area contributed by atoms with Crippen molar-refractivity contribution in [2.24, 2.45) is 5.92 Å². The van der Waals surface area contributed by atoms with Crippen molar-refractivity contribution < 1.29 is 14.7 Å². The Morgan fingerprint density at radius 3 is 2.95 bits per heavy atom. The summed E-state index contributed by atoms with van der Waals surface area (Å²) in [6, 6.07) is 7.10. The second-order valence-corrected chi connectivity index (χ2v) is 5.08. The number of amides is 1. The number of carbonyl (C=O) groups is 2. The number of carboxylic acids is 1. The Morgan fingerprint density at radius 1 is 1.37 bits per heavy atom. The zero-order valence-electron chi connectivity index (χ0n) is 10.5. The van der Waals surface area contributed by atoms with Crippen LogP contribution in [0.25, 0.3) is 0 Å². The van der Waals surface area contributed by atoms with Gasteiger partial charge in [0.05, 0.1) is 23.2 Å². The van der Waals surface area contributed by atoms with Gasteiger partial charge >= 0.3 is 5.97 Å². The fourth-order valence-corrected chi connectivity index (χ4v) is 3.16. The minimum absolute atomic E-state index is 0.00407. The molecule has 2 unspecified atom stereocenters. The molecule has 0 radical (unpaired) electrons. The lowest BCUT2D eigenvalue weighted by Crippen LogP contribution is -2.46. The van der Waals surface area contributed by atoms with Crippen LogP contribution in [0.5, 0.6) is 0 Å². The zero-order chi connectivity index (χ0) is 13.4. The highest BCUT2D eigenvalue weighted by Gasteiger charge is 2.41. The number of nitrogens with one attached hydrogen (secondary N) is 1. The van der Waals surface area contributed by atoms with Crippen molar-refractivity contribution >= 4 is 17.6 Å². The molecule has 2 aliphatic heterocycles. The van der Waals surface area contributed by atoms with Crippen molar-refractivity contribution in [3.63, 3.8) is 0 Å². The first-order valence-electron chi connectivity index (χ1n) is 6.55. The normalized spacial score (nSPS) is 25.9. The SMILES string of the molecule is O=C(O)c1ccccc1N1CCCC2C(=O)NCC21. The van der Waals surface area contributed by atoms with Gasteiger partial charge in [-0.3, -0.25) is 4.79 Å². The van der Waals surface area contributed by atoms with Crippen LogP contribution in [-0.2, 0) is 4.79 Å². The third kappa shape index (κ3) is 1.95. The molecule has 3 rings (SSSR count). The van der Waals surface area contributed by atoms with Crippen LogP contribution in [-0.4, -0.2) is 36.1 Å². The average molecular weight is 260 g/mol. The van der Waals surface area contributed by atoms with Crippen LogP contribution in [0.4, 0.5) is 5.69 Å². The molecule has 0 saturated carbocycles. The standard InChI is InChI=1S/C14H16N2O3/c17-13-9-5-3-7-16(12(9)8-15-13)11-6-2-1-4-10(11)14(18)19/h1-2,4,6,9,12H,3,5,7-8H2,(H,15,17)(H,18,19). The molecular weight excluding hydrogens is 244 g/mol. The topological polar surface area (TPSA) is 69.6 Å². The average Bonchev–Trinajstić information content (AvgIpc) is 2.81. The van der Waals surface area contributed by atoms with E-state index in [0.717, 1.165) is 25.1 Å². The van der Waals surface area contributed by atoms with Gasteiger partial charge in [-0.05, 0) is 25.0 Å². The predicted octanol–water partition coefficient (Wildman–Crippen LogP) is 1.10. The molecule has 1 aromatic carbocycles. The summed E-state index contributed by atoms with van der Waals surface area (Å²) < 4.78 is 0. The maximum Gasteiger partial charge on any atom is 0.337 e. The quantitative estimate of drug-likeness (QED) is 0.835. The molecular formula is C14H16N2O3. The summed E-state index contributed by atoms with van der Waals surface area (Å²) in [6.45, 7) is 1.41. The number of nitrogens with zero attached hydrogens (tertiary/aromatic N) is 1. The Balaban J connectivity index is 1.97. The first kappa shape index (κ1) is 12.0. The smallest absolute Gasteiger partial charge is 0.337 e. The van der Waals surface area contributed by atoms with E-state index in [1.807, 2.05) is 12.1 Å². The Bertz CT molecular complexity index is 529. The van der Waals surface area contributed by atoms with Crippen LogP contribution in [0, 0.1) is 5.92 Å². The third-order valence-corrected chi connectivity index (χ3v) is 4.05. The van der Waals surface area contributed by atoms with Gasteiger partial charge < -0.3 is 15.3 Å². The van der Waals surface area contributed by atoms with Gasteiger partial charge in [-0.2, -0.15) is 0 Å². The second kappa shape index (κ2) is 4.57. The summed E-state index contributed by atoms with van der Waals surface area (Å²) >= 11 is 0. The largest absolute Gasteiger partial charge is 0.478 e. The maximum atomic E-state index is 11.8. The Labute approximate surface area is 111 Å². The number of aromatic carboxylic acids is 1. The van der Waals surface area contributed by atoms with E-state index >= 15 is 0 Å². The number of hydrogen-bond acceptors (Lipinski definition) is 3. The van der Waals surface area contributed by atoms with Crippen LogP contribution < -0.4 is 10.2 Å². The summed E-state index contributed by atoms with van der Waals surface area (Å²) in [4.78, 5) is 25.1. The van der Waals surface area contributed by atoms with E-state index in [-0.39, 0.29) is 17.9 Å². The van der Waals surface area contributed by atoms with E-state index in [2.05, 4.69) is 10.2 Å². The number of anilines is 1. The first-order chi connectivity index (χ1) is 9.18. The van der Waals surface area contributed by atoms with Gasteiger partial charge in [0.25, 0.3) is 0 Å². The lowest BCUT2D eigenvalue weighted by Gasteiger charge is -2.38. The molecule has 19 heavy (non-hydrogen) atoms. The molecule has 5 heteroatoms. The Hall–Kier alpha value is -2.04. The number of carbonyl (C=O) groups excluding carboxylic acids is 1. The van der Waals surface area contributed by atoms with Gasteiger partial charge in [0, 0.05) is 13.1 Å². The summed E-state index contributed by atoms with van der Waals surface area (Å²) in [5, 5.41) is 12.2. The zero-order valence-corrected chi connectivity index (χ0v) is 10.5. The van der Waals surface area contributed by atoms with E-state index in [1.54, 1.807) is 12.1 Å². The molecule has 2 N–H and O–H groups in total. The third-order valence-electron chi connectivity index (χ3n) is 4.05. The van der Waals surface area contributed by atoms with Gasteiger partial charge in [0.15, 0.2) is 0 Å². The van der Waals surface area contributed by atoms with Crippen LogP contribution in [0.3, 0.4) is 0 Å². The Kier molecular flexibility index (Phi) is 2.89. The van der Waals surface area contributed by atoms with Crippen molar-refractivity contribution in [2.75, 3.05) is 18.0 Å². The van der Waals surface area contributed by atoms with Crippen molar-refractivity contribution in [3.8, 4) is 0 Å². The highest BCUT2D eigenvalue weighted by molar-refractivity contribution is 5.95. The molecule has 1 amide bonds. The van der Waals surface area contributed by atoms with Crippen LogP contribution in [0.1, 0.15) is 23.2 Å². The molecule has 0 bridgehead atoms. The van der Waals surface area contributed by atoms with Crippen molar-refractivity contribution in [2.45, 2.75) is 18.9 Å². The molecule has 5 nitrogen and oxygen atoms in total. The summed E-state index contributed by atoms with van der Waals surface area (Å²) in [7, 11) is 0. The van der Waals surface area contributed by atoms with Gasteiger partial charge in [-0.15, -0.1) is 0 Å². The predicted molar refractivity (Wildman–Crippen MR) is 70.3 cm³/mol. The van der Waals surface area contributed by atoms with E-state index in [0.29, 0.717) is 12.1 Å².